The van der Waals surface area contributed by atoms with E-state index in [2.05, 4.69) is 27.7 Å². The highest BCUT2D eigenvalue weighted by molar-refractivity contribution is 4.97. The summed E-state index contributed by atoms with van der Waals surface area (Å²) >= 11 is 0. The topological polar surface area (TPSA) is 0 Å². The van der Waals surface area contributed by atoms with Crippen LogP contribution in [0, 0.1) is 35.5 Å². The van der Waals surface area contributed by atoms with Gasteiger partial charge in [-0.3, -0.25) is 0 Å². The predicted octanol–water partition coefficient (Wildman–Crippen LogP) is 3.57. The summed E-state index contributed by atoms with van der Waals surface area (Å²) in [7, 11) is 0. The highest BCUT2D eigenvalue weighted by atomic mass is 14.5. The van der Waals surface area contributed by atoms with E-state index in [1.165, 1.54) is 12.8 Å². The third-order valence-electron chi connectivity index (χ3n) is 4.99. The zero-order valence-corrected chi connectivity index (χ0v) is 8.88. The van der Waals surface area contributed by atoms with Gasteiger partial charge in [0.1, 0.15) is 0 Å². The molecule has 2 saturated carbocycles. The van der Waals surface area contributed by atoms with Crippen LogP contribution in [0.2, 0.25) is 0 Å². The van der Waals surface area contributed by atoms with Crippen LogP contribution in [0.15, 0.2) is 0 Å². The lowest BCUT2D eigenvalue weighted by Crippen LogP contribution is -2.48. The van der Waals surface area contributed by atoms with Crippen molar-refractivity contribution in [1.29, 1.82) is 0 Å². The number of rotatable bonds is 0. The number of hydrogen-bond donors (Lipinski definition) is 0. The van der Waals surface area contributed by atoms with Crippen LogP contribution >= 0.6 is 0 Å². The second-order valence-electron chi connectivity index (χ2n) is 5.47. The summed E-state index contributed by atoms with van der Waals surface area (Å²) in [5.41, 5.74) is 0. The molecule has 2 rings (SSSR count). The monoisotopic (exact) mass is 166 g/mol. The summed E-state index contributed by atoms with van der Waals surface area (Å²) in [5, 5.41) is 0. The van der Waals surface area contributed by atoms with E-state index in [-0.39, 0.29) is 0 Å². The Hall–Kier alpha value is 0. The van der Waals surface area contributed by atoms with Gasteiger partial charge in [-0.05, 0) is 48.3 Å². The third kappa shape index (κ3) is 1.03. The Morgan fingerprint density at radius 2 is 1.00 bits per heavy atom. The van der Waals surface area contributed by atoms with Crippen molar-refractivity contribution in [2.45, 2.75) is 40.5 Å². The van der Waals surface area contributed by atoms with Crippen LogP contribution in [0.4, 0.5) is 0 Å². The Labute approximate surface area is 76.7 Å². The normalized spacial score (nSPS) is 59.0. The van der Waals surface area contributed by atoms with Crippen molar-refractivity contribution in [3.63, 3.8) is 0 Å². The van der Waals surface area contributed by atoms with Crippen molar-refractivity contribution in [3.05, 3.63) is 0 Å². The van der Waals surface area contributed by atoms with Gasteiger partial charge in [0.15, 0.2) is 0 Å². The molecule has 0 radical (unpaired) electrons. The lowest BCUT2D eigenvalue weighted by Gasteiger charge is -2.55. The predicted molar refractivity (Wildman–Crippen MR) is 52.9 cm³/mol. The first kappa shape index (κ1) is 8.59. The van der Waals surface area contributed by atoms with Crippen LogP contribution in [-0.2, 0) is 0 Å². The molecule has 0 amide bonds. The van der Waals surface area contributed by atoms with Crippen LogP contribution < -0.4 is 0 Å². The molecule has 0 aliphatic heterocycles. The summed E-state index contributed by atoms with van der Waals surface area (Å²) in [4.78, 5) is 0. The minimum atomic E-state index is 0.987. The van der Waals surface area contributed by atoms with E-state index in [9.17, 15) is 0 Å². The number of hydrogen-bond acceptors (Lipinski definition) is 0. The summed E-state index contributed by atoms with van der Waals surface area (Å²) in [6.07, 6.45) is 3.02. The molecular weight excluding hydrogens is 144 g/mol. The van der Waals surface area contributed by atoms with Crippen LogP contribution in [0.3, 0.4) is 0 Å². The fraction of sp³-hybridized carbons (Fsp3) is 1.00. The molecule has 0 aromatic rings. The van der Waals surface area contributed by atoms with Gasteiger partial charge in [0.25, 0.3) is 0 Å². The van der Waals surface area contributed by atoms with Gasteiger partial charge in [-0.1, -0.05) is 27.7 Å². The van der Waals surface area contributed by atoms with E-state index in [0.29, 0.717) is 0 Å². The standard InChI is InChI=1S/C12H22/c1-7-5-11-9(3)10(4)12(11)6-8(7)2/h7-12H,5-6H2,1-4H3. The van der Waals surface area contributed by atoms with Gasteiger partial charge >= 0.3 is 0 Å². The average molecular weight is 166 g/mol. The minimum Gasteiger partial charge on any atom is -0.0622 e. The second-order valence-corrected chi connectivity index (χ2v) is 5.47. The van der Waals surface area contributed by atoms with Gasteiger partial charge in [0, 0.05) is 0 Å². The molecule has 0 aromatic carbocycles. The Morgan fingerprint density at radius 1 is 0.667 bits per heavy atom. The van der Waals surface area contributed by atoms with Gasteiger partial charge in [-0.25, -0.2) is 0 Å². The average Bonchev–Trinajstić information content (AvgIpc) is 2.08. The molecule has 2 aliphatic carbocycles. The Kier molecular flexibility index (Phi) is 1.97. The SMILES string of the molecule is CC1CC2C(C)C(C)C2CC1C. The van der Waals surface area contributed by atoms with Gasteiger partial charge in [-0.15, -0.1) is 0 Å². The van der Waals surface area contributed by atoms with Crippen LogP contribution in [0.25, 0.3) is 0 Å². The largest absolute Gasteiger partial charge is 0.0622 e. The fourth-order valence-corrected chi connectivity index (χ4v) is 3.52. The molecule has 0 aromatic heterocycles. The molecule has 0 nitrogen and oxygen atoms in total. The molecule has 0 bridgehead atoms. The van der Waals surface area contributed by atoms with Crippen LogP contribution in [0.5, 0.6) is 0 Å². The van der Waals surface area contributed by atoms with Crippen molar-refractivity contribution >= 4 is 0 Å². The fourth-order valence-electron chi connectivity index (χ4n) is 3.52. The summed E-state index contributed by atoms with van der Waals surface area (Å²) < 4.78 is 0. The lowest BCUT2D eigenvalue weighted by atomic mass is 9.50. The smallest absolute Gasteiger partial charge is 0.0352 e. The maximum atomic E-state index is 2.45. The van der Waals surface area contributed by atoms with Crippen molar-refractivity contribution in [2.75, 3.05) is 0 Å². The number of fused-ring (bicyclic) bond motifs is 1. The van der Waals surface area contributed by atoms with Crippen molar-refractivity contribution < 1.29 is 0 Å². The molecule has 0 heterocycles. The molecular formula is C12H22. The molecule has 0 saturated heterocycles. The van der Waals surface area contributed by atoms with Crippen molar-refractivity contribution in [1.82, 2.24) is 0 Å². The van der Waals surface area contributed by atoms with Crippen molar-refractivity contribution in [2.24, 2.45) is 35.5 Å². The van der Waals surface area contributed by atoms with Gasteiger partial charge in [0.05, 0.1) is 0 Å². The molecule has 6 unspecified atom stereocenters. The molecule has 0 heteroatoms. The quantitative estimate of drug-likeness (QED) is 0.516. The minimum absolute atomic E-state index is 0.987. The molecule has 0 spiro atoms. The van der Waals surface area contributed by atoms with Crippen molar-refractivity contribution in [3.8, 4) is 0 Å². The molecule has 12 heavy (non-hydrogen) atoms. The van der Waals surface area contributed by atoms with Crippen LogP contribution in [-0.4, -0.2) is 0 Å². The molecule has 70 valence electrons. The zero-order valence-electron chi connectivity index (χ0n) is 8.88. The molecule has 0 N–H and O–H groups in total. The first-order chi connectivity index (χ1) is 5.61. The third-order valence-corrected chi connectivity index (χ3v) is 4.99. The summed E-state index contributed by atoms with van der Waals surface area (Å²) in [6.45, 7) is 9.79. The van der Waals surface area contributed by atoms with E-state index in [0.717, 1.165) is 35.5 Å². The molecule has 2 aliphatic rings. The highest BCUT2D eigenvalue weighted by Gasteiger charge is 2.48. The first-order valence-corrected chi connectivity index (χ1v) is 5.61. The van der Waals surface area contributed by atoms with E-state index in [4.69, 9.17) is 0 Å². The van der Waals surface area contributed by atoms with Gasteiger partial charge in [-0.2, -0.15) is 0 Å². The zero-order chi connectivity index (χ0) is 8.88. The second kappa shape index (κ2) is 2.75. The first-order valence-electron chi connectivity index (χ1n) is 5.61. The molecule has 2 fully saturated rings. The van der Waals surface area contributed by atoms with Gasteiger partial charge < -0.3 is 0 Å². The maximum absolute atomic E-state index is 2.45. The van der Waals surface area contributed by atoms with E-state index >= 15 is 0 Å². The molecule has 6 atom stereocenters. The Bertz CT molecular complexity index is 149. The summed E-state index contributed by atoms with van der Waals surface area (Å²) in [6, 6.07) is 0. The summed E-state index contributed by atoms with van der Waals surface area (Å²) in [5.74, 6) is 6.19. The van der Waals surface area contributed by atoms with E-state index in [1.54, 1.807) is 0 Å². The Balaban J connectivity index is 2.02. The maximum Gasteiger partial charge on any atom is -0.0352 e. The highest BCUT2D eigenvalue weighted by Crippen LogP contribution is 2.55. The lowest BCUT2D eigenvalue weighted by molar-refractivity contribution is -0.0651. The van der Waals surface area contributed by atoms with Crippen LogP contribution in [0.1, 0.15) is 40.5 Å². The Morgan fingerprint density at radius 3 is 1.33 bits per heavy atom. The van der Waals surface area contributed by atoms with E-state index < -0.39 is 0 Å². The van der Waals surface area contributed by atoms with Gasteiger partial charge in [0.2, 0.25) is 0 Å². The van der Waals surface area contributed by atoms with E-state index in [1.807, 2.05) is 0 Å².